The molecule has 1 saturated heterocycles. The Balaban J connectivity index is 1.40. The van der Waals surface area contributed by atoms with E-state index in [4.69, 9.17) is 9.47 Å². The zero-order valence-electron chi connectivity index (χ0n) is 17.3. The molecule has 0 radical (unpaired) electrons. The fourth-order valence-electron chi connectivity index (χ4n) is 6.66. The first-order valence-electron chi connectivity index (χ1n) is 11.2. The monoisotopic (exact) mass is 362 g/mol. The average molecular weight is 363 g/mol. The highest BCUT2D eigenvalue weighted by Gasteiger charge is 2.75. The molecule has 4 aliphatic rings. The van der Waals surface area contributed by atoms with Gasteiger partial charge in [-0.25, -0.2) is 0 Å². The van der Waals surface area contributed by atoms with Gasteiger partial charge >= 0.3 is 0 Å². The molecule has 3 heteroatoms. The van der Waals surface area contributed by atoms with Crippen LogP contribution in [0.25, 0.3) is 0 Å². The van der Waals surface area contributed by atoms with Crippen LogP contribution in [0.1, 0.15) is 98.3 Å². The van der Waals surface area contributed by atoms with Crippen molar-refractivity contribution in [3.8, 4) is 0 Å². The number of rotatable bonds is 7. The van der Waals surface area contributed by atoms with Crippen LogP contribution in [0.5, 0.6) is 0 Å². The molecular weight excluding hydrogens is 324 g/mol. The maximum Gasteiger partial charge on any atom is 0.175 e. The molecule has 3 nitrogen and oxygen atoms in total. The van der Waals surface area contributed by atoms with Crippen LogP contribution in [-0.2, 0) is 14.3 Å². The van der Waals surface area contributed by atoms with E-state index in [9.17, 15) is 4.79 Å². The van der Waals surface area contributed by atoms with E-state index in [1.165, 1.54) is 51.4 Å². The molecule has 1 aliphatic heterocycles. The summed E-state index contributed by atoms with van der Waals surface area (Å²) in [5.74, 6) is 0.846. The summed E-state index contributed by atoms with van der Waals surface area (Å²) in [4.78, 5) is 12.6. The number of hydrogen-bond acceptors (Lipinski definition) is 3. The number of carbonyl (C=O) groups excluding carboxylic acids is 1. The Morgan fingerprint density at radius 1 is 1.04 bits per heavy atom. The number of Topliss-reactive ketones (excluding diaryl/α,β-unsaturated/α-hetero) is 1. The van der Waals surface area contributed by atoms with Gasteiger partial charge in [0.1, 0.15) is 6.10 Å². The number of ether oxygens (including phenoxy) is 2. The third-order valence-electron chi connectivity index (χ3n) is 8.91. The zero-order chi connectivity index (χ0) is 18.6. The van der Waals surface area contributed by atoms with Crippen LogP contribution < -0.4 is 0 Å². The van der Waals surface area contributed by atoms with E-state index in [0.29, 0.717) is 24.0 Å². The summed E-state index contributed by atoms with van der Waals surface area (Å²) < 4.78 is 13.3. The van der Waals surface area contributed by atoms with Crippen LogP contribution >= 0.6 is 0 Å². The fourth-order valence-corrected chi connectivity index (χ4v) is 6.66. The highest BCUT2D eigenvalue weighted by Crippen LogP contribution is 2.73. The second-order valence-corrected chi connectivity index (χ2v) is 10.4. The number of ketones is 1. The quantitative estimate of drug-likeness (QED) is 0.549. The van der Waals surface area contributed by atoms with Gasteiger partial charge in [0.25, 0.3) is 0 Å². The van der Waals surface area contributed by atoms with Gasteiger partial charge < -0.3 is 9.47 Å². The first kappa shape index (κ1) is 18.9. The molecule has 0 aromatic carbocycles. The molecule has 0 N–H and O–H groups in total. The van der Waals surface area contributed by atoms with Crippen molar-refractivity contribution in [1.82, 2.24) is 0 Å². The smallest absolute Gasteiger partial charge is 0.175 e. The standard InChI is InChI=1S/C23H38O3/c1-5-6-7-8-9-10-11-16-14-18(24)20-19(16)25-23(26-20)15-17-12-13-22(23,4)21(17,2)3/h16-17,19-20H,5-15H2,1-4H3/t16-,17?,19-,20+,22?,23?/m0/s1. The molecular formula is C23H38O3. The van der Waals surface area contributed by atoms with Gasteiger partial charge in [0.05, 0.1) is 6.10 Å². The van der Waals surface area contributed by atoms with Gasteiger partial charge in [-0.05, 0) is 36.5 Å². The second-order valence-electron chi connectivity index (χ2n) is 10.4. The number of fused-ring (bicyclic) bond motifs is 4. The van der Waals surface area contributed by atoms with E-state index in [1.54, 1.807) is 0 Å². The maximum absolute atomic E-state index is 12.6. The van der Waals surface area contributed by atoms with E-state index in [-0.39, 0.29) is 23.0 Å². The van der Waals surface area contributed by atoms with Crippen LogP contribution in [0.3, 0.4) is 0 Å². The summed E-state index contributed by atoms with van der Waals surface area (Å²) >= 11 is 0. The molecule has 3 saturated carbocycles. The number of hydrogen-bond donors (Lipinski definition) is 0. The largest absolute Gasteiger partial charge is 0.343 e. The third kappa shape index (κ3) is 2.56. The van der Waals surface area contributed by atoms with E-state index >= 15 is 0 Å². The van der Waals surface area contributed by atoms with Crippen molar-refractivity contribution in [2.45, 2.75) is 116 Å². The first-order valence-corrected chi connectivity index (χ1v) is 11.2. The van der Waals surface area contributed by atoms with Crippen molar-refractivity contribution in [1.29, 1.82) is 0 Å². The van der Waals surface area contributed by atoms with E-state index in [1.807, 2.05) is 0 Å². The molecule has 3 aliphatic carbocycles. The topological polar surface area (TPSA) is 35.5 Å². The van der Waals surface area contributed by atoms with Gasteiger partial charge in [0.15, 0.2) is 11.6 Å². The predicted molar refractivity (Wildman–Crippen MR) is 103 cm³/mol. The van der Waals surface area contributed by atoms with E-state index in [2.05, 4.69) is 27.7 Å². The van der Waals surface area contributed by atoms with Crippen LogP contribution in [-0.4, -0.2) is 23.8 Å². The van der Waals surface area contributed by atoms with E-state index in [0.717, 1.165) is 12.8 Å². The highest BCUT2D eigenvalue weighted by molar-refractivity contribution is 5.87. The molecule has 0 aromatic rings. The van der Waals surface area contributed by atoms with Gasteiger partial charge in [0.2, 0.25) is 0 Å². The van der Waals surface area contributed by atoms with E-state index < -0.39 is 5.79 Å². The van der Waals surface area contributed by atoms with Gasteiger partial charge in [-0.3, -0.25) is 4.79 Å². The molecule has 26 heavy (non-hydrogen) atoms. The molecule has 3 unspecified atom stereocenters. The van der Waals surface area contributed by atoms with Gasteiger partial charge in [-0.15, -0.1) is 0 Å². The van der Waals surface area contributed by atoms with Crippen molar-refractivity contribution < 1.29 is 14.3 Å². The molecule has 0 amide bonds. The van der Waals surface area contributed by atoms with Crippen molar-refractivity contribution in [3.63, 3.8) is 0 Å². The molecule has 6 atom stereocenters. The van der Waals surface area contributed by atoms with Gasteiger partial charge in [-0.1, -0.05) is 66.2 Å². The Hall–Kier alpha value is -0.410. The Bertz CT molecular complexity index is 556. The maximum atomic E-state index is 12.6. The minimum Gasteiger partial charge on any atom is -0.343 e. The summed E-state index contributed by atoms with van der Waals surface area (Å²) in [7, 11) is 0. The lowest BCUT2D eigenvalue weighted by atomic mass is 9.68. The Kier molecular flexibility index (Phi) is 4.79. The van der Waals surface area contributed by atoms with Crippen LogP contribution in [0.2, 0.25) is 0 Å². The predicted octanol–water partition coefficient (Wildman–Crippen LogP) is 5.65. The van der Waals surface area contributed by atoms with Crippen LogP contribution in [0.15, 0.2) is 0 Å². The summed E-state index contributed by atoms with van der Waals surface area (Å²) in [6, 6.07) is 0. The lowest BCUT2D eigenvalue weighted by molar-refractivity contribution is -0.254. The average Bonchev–Trinajstić information content (AvgIpc) is 3.22. The van der Waals surface area contributed by atoms with Crippen molar-refractivity contribution >= 4 is 5.78 Å². The van der Waals surface area contributed by atoms with Crippen LogP contribution in [0.4, 0.5) is 0 Å². The summed E-state index contributed by atoms with van der Waals surface area (Å²) in [6.07, 6.45) is 12.8. The molecule has 1 heterocycles. The molecule has 2 bridgehead atoms. The Morgan fingerprint density at radius 2 is 1.77 bits per heavy atom. The Morgan fingerprint density at radius 3 is 2.42 bits per heavy atom. The molecule has 0 aromatic heterocycles. The highest BCUT2D eigenvalue weighted by atomic mass is 16.8. The van der Waals surface area contributed by atoms with Crippen molar-refractivity contribution in [2.75, 3.05) is 0 Å². The Labute approximate surface area is 159 Å². The molecule has 1 spiro atoms. The number of unbranched alkanes of at least 4 members (excludes halogenated alkanes) is 5. The SMILES string of the molecule is CCCCCCCC[C@H]1CC(=O)[C@H]2OC3(CC4CCC3(C)C4(C)C)O[C@@H]12. The molecule has 148 valence electrons. The first-order chi connectivity index (χ1) is 12.3. The minimum absolute atomic E-state index is 0.0186. The third-order valence-corrected chi connectivity index (χ3v) is 8.91. The van der Waals surface area contributed by atoms with Gasteiger partial charge in [-0.2, -0.15) is 0 Å². The number of carbonyl (C=O) groups is 1. The lowest BCUT2D eigenvalue weighted by Gasteiger charge is -2.45. The minimum atomic E-state index is -0.496. The molecule has 4 rings (SSSR count). The second kappa shape index (κ2) is 6.58. The van der Waals surface area contributed by atoms with Crippen molar-refractivity contribution in [2.24, 2.45) is 22.7 Å². The summed E-state index contributed by atoms with van der Waals surface area (Å²) in [5.41, 5.74) is 0.281. The fraction of sp³-hybridized carbons (Fsp3) is 0.957. The van der Waals surface area contributed by atoms with Gasteiger partial charge in [0, 0.05) is 18.3 Å². The molecule has 4 fully saturated rings. The lowest BCUT2D eigenvalue weighted by Crippen LogP contribution is -2.49. The zero-order valence-corrected chi connectivity index (χ0v) is 17.3. The van der Waals surface area contributed by atoms with Crippen molar-refractivity contribution in [3.05, 3.63) is 0 Å². The summed E-state index contributed by atoms with van der Waals surface area (Å²) in [5, 5.41) is 0. The van der Waals surface area contributed by atoms with Crippen LogP contribution in [0, 0.1) is 22.7 Å². The summed E-state index contributed by atoms with van der Waals surface area (Å²) in [6.45, 7) is 9.38. The normalized spacial score (nSPS) is 45.8.